The van der Waals surface area contributed by atoms with E-state index in [0.29, 0.717) is 17.8 Å². The SMILES string of the molecule is O=C(Nc1ccccc1)N1CCC(c2ccc(C(O)(C(F)(F)F)C(F)(F)F)cc2)(S(=O)c2ccc(F)cc2)C1. The molecule has 0 aromatic heterocycles. The Bertz CT molecular complexity index is 1330. The number of hydrogen-bond donors (Lipinski definition) is 2. The van der Waals surface area contributed by atoms with Crippen molar-refractivity contribution < 1.29 is 44.8 Å². The molecule has 1 heterocycles. The van der Waals surface area contributed by atoms with Crippen molar-refractivity contribution in [2.45, 2.75) is 34.0 Å². The van der Waals surface area contributed by atoms with Gasteiger partial charge in [0.1, 0.15) is 5.82 Å². The van der Waals surface area contributed by atoms with E-state index in [4.69, 9.17) is 0 Å². The first-order valence-electron chi connectivity index (χ1n) is 11.4. The van der Waals surface area contributed by atoms with Crippen molar-refractivity contribution >= 4 is 22.5 Å². The van der Waals surface area contributed by atoms with Crippen LogP contribution >= 0.6 is 0 Å². The van der Waals surface area contributed by atoms with Gasteiger partial charge in [-0.05, 0) is 48.4 Å². The van der Waals surface area contributed by atoms with Gasteiger partial charge in [0.25, 0.3) is 5.60 Å². The summed E-state index contributed by atoms with van der Waals surface area (Å²) in [5, 5.41) is 12.4. The summed E-state index contributed by atoms with van der Waals surface area (Å²) < 4.78 is 106. The van der Waals surface area contributed by atoms with Gasteiger partial charge < -0.3 is 15.3 Å². The smallest absolute Gasteiger partial charge is 0.369 e. The van der Waals surface area contributed by atoms with E-state index in [9.17, 15) is 44.8 Å². The van der Waals surface area contributed by atoms with Crippen LogP contribution in [0.25, 0.3) is 0 Å². The van der Waals surface area contributed by atoms with Crippen molar-refractivity contribution in [1.29, 1.82) is 0 Å². The molecular weight excluding hydrogens is 553 g/mol. The third-order valence-corrected chi connectivity index (χ3v) is 8.55. The lowest BCUT2D eigenvalue weighted by Crippen LogP contribution is -2.53. The van der Waals surface area contributed by atoms with Gasteiger partial charge in [0, 0.05) is 29.2 Å². The summed E-state index contributed by atoms with van der Waals surface area (Å²) in [6.07, 6.45) is -12.1. The van der Waals surface area contributed by atoms with E-state index in [1.165, 1.54) is 17.0 Å². The number of anilines is 1. The molecule has 1 aliphatic heterocycles. The van der Waals surface area contributed by atoms with Gasteiger partial charge in [0.2, 0.25) is 0 Å². The van der Waals surface area contributed by atoms with Crippen LogP contribution in [-0.4, -0.2) is 45.7 Å². The number of alkyl halides is 6. The highest BCUT2D eigenvalue weighted by Gasteiger charge is 2.71. The molecule has 39 heavy (non-hydrogen) atoms. The Morgan fingerprint density at radius 2 is 1.44 bits per heavy atom. The van der Waals surface area contributed by atoms with Gasteiger partial charge in [0.15, 0.2) is 0 Å². The second-order valence-corrected chi connectivity index (χ2v) is 10.8. The molecule has 5 nitrogen and oxygen atoms in total. The fraction of sp³-hybridized carbons (Fsp3) is 0.269. The highest BCUT2D eigenvalue weighted by Crippen LogP contribution is 2.50. The Morgan fingerprint density at radius 1 is 0.872 bits per heavy atom. The van der Waals surface area contributed by atoms with E-state index in [2.05, 4.69) is 5.32 Å². The van der Waals surface area contributed by atoms with Gasteiger partial charge in [-0.3, -0.25) is 4.21 Å². The Morgan fingerprint density at radius 3 is 1.97 bits per heavy atom. The molecule has 0 radical (unpaired) electrons. The number of likely N-dealkylation sites (tertiary alicyclic amines) is 1. The lowest BCUT2D eigenvalue weighted by molar-refractivity contribution is -0.376. The lowest BCUT2D eigenvalue weighted by Gasteiger charge is -2.34. The highest BCUT2D eigenvalue weighted by molar-refractivity contribution is 7.86. The molecule has 13 heteroatoms. The summed E-state index contributed by atoms with van der Waals surface area (Å²) >= 11 is 0. The van der Waals surface area contributed by atoms with Crippen molar-refractivity contribution in [1.82, 2.24) is 4.90 Å². The van der Waals surface area contributed by atoms with Crippen LogP contribution in [0.2, 0.25) is 0 Å². The molecular formula is C26H21F7N2O3S. The normalized spacial score (nSPS) is 19.1. The minimum atomic E-state index is -6.07. The molecule has 208 valence electrons. The molecule has 4 rings (SSSR count). The average molecular weight is 575 g/mol. The maximum Gasteiger partial charge on any atom is 0.430 e. The number of carbonyl (C=O) groups excluding carboxylic acids is 1. The minimum Gasteiger partial charge on any atom is -0.369 e. The van der Waals surface area contributed by atoms with Crippen LogP contribution < -0.4 is 5.32 Å². The second kappa shape index (κ2) is 10.3. The number of nitrogens with one attached hydrogen (secondary N) is 1. The summed E-state index contributed by atoms with van der Waals surface area (Å²) in [5.74, 6) is -0.608. The summed E-state index contributed by atoms with van der Waals surface area (Å²) in [6.45, 7) is -0.153. The number of halogens is 7. The first-order chi connectivity index (χ1) is 18.2. The molecule has 1 aliphatic rings. The van der Waals surface area contributed by atoms with E-state index < -0.39 is 50.9 Å². The van der Waals surface area contributed by atoms with Crippen LogP contribution in [-0.2, 0) is 21.1 Å². The summed E-state index contributed by atoms with van der Waals surface area (Å²) in [6, 6.07) is 15.3. The third kappa shape index (κ3) is 5.24. The monoisotopic (exact) mass is 574 g/mol. The Kier molecular flexibility index (Phi) is 7.52. The second-order valence-electron chi connectivity index (χ2n) is 8.97. The first-order valence-corrected chi connectivity index (χ1v) is 12.6. The molecule has 0 bridgehead atoms. The van der Waals surface area contributed by atoms with Crippen molar-refractivity contribution in [2.24, 2.45) is 0 Å². The summed E-state index contributed by atoms with van der Waals surface area (Å²) in [7, 11) is -2.02. The summed E-state index contributed by atoms with van der Waals surface area (Å²) in [4.78, 5) is 14.4. The van der Waals surface area contributed by atoms with Gasteiger partial charge in [-0.15, -0.1) is 0 Å². The molecule has 2 atom stereocenters. The maximum absolute atomic E-state index is 13.8. The van der Waals surface area contributed by atoms with Crippen molar-refractivity contribution in [3.8, 4) is 0 Å². The summed E-state index contributed by atoms with van der Waals surface area (Å²) in [5.41, 5.74) is -6.04. The fourth-order valence-electron chi connectivity index (χ4n) is 4.46. The van der Waals surface area contributed by atoms with Crippen LogP contribution in [0.3, 0.4) is 0 Å². The molecule has 2 amide bonds. The number of amides is 2. The van der Waals surface area contributed by atoms with Gasteiger partial charge >= 0.3 is 18.4 Å². The molecule has 3 aromatic carbocycles. The minimum absolute atomic E-state index is 0.0291. The number of para-hydroxylation sites is 1. The van der Waals surface area contributed by atoms with E-state index in [-0.39, 0.29) is 30.0 Å². The molecule has 2 N–H and O–H groups in total. The highest BCUT2D eigenvalue weighted by atomic mass is 32.2. The number of rotatable bonds is 5. The topological polar surface area (TPSA) is 69.6 Å². The molecule has 0 aliphatic carbocycles. The lowest BCUT2D eigenvalue weighted by atomic mass is 9.89. The largest absolute Gasteiger partial charge is 0.430 e. The van der Waals surface area contributed by atoms with E-state index >= 15 is 0 Å². The van der Waals surface area contributed by atoms with Crippen molar-refractivity contribution in [3.63, 3.8) is 0 Å². The molecule has 0 saturated carbocycles. The van der Waals surface area contributed by atoms with Crippen LogP contribution in [0.5, 0.6) is 0 Å². The van der Waals surface area contributed by atoms with Gasteiger partial charge in [-0.2, -0.15) is 26.3 Å². The van der Waals surface area contributed by atoms with Crippen molar-refractivity contribution in [2.75, 3.05) is 18.4 Å². The first kappa shape index (κ1) is 28.6. The Hall–Kier alpha value is -3.45. The average Bonchev–Trinajstić information content (AvgIpc) is 3.34. The number of urea groups is 1. The molecule has 0 spiro atoms. The van der Waals surface area contributed by atoms with E-state index in [1.54, 1.807) is 30.3 Å². The standard InChI is InChI=1S/C26H21F7N2O3S/c27-19-10-12-21(13-11-19)39(38)23(14-15-35(16-23)22(36)34-20-4-2-1-3-5-20)17-6-8-18(9-7-17)24(37,25(28,29)30)26(31,32)33/h1-13,37H,14-16H2,(H,34,36). The Labute approximate surface area is 220 Å². The van der Waals surface area contributed by atoms with Gasteiger partial charge in [0.05, 0.1) is 15.5 Å². The zero-order valence-corrected chi connectivity index (χ0v) is 20.7. The zero-order chi connectivity index (χ0) is 28.6. The number of carbonyl (C=O) groups is 1. The van der Waals surface area contributed by atoms with Gasteiger partial charge in [-0.25, -0.2) is 9.18 Å². The number of hydrogen-bond acceptors (Lipinski definition) is 3. The van der Waals surface area contributed by atoms with Crippen molar-refractivity contribution in [3.05, 3.63) is 95.8 Å². The quantitative estimate of drug-likeness (QED) is 0.363. The predicted octanol–water partition coefficient (Wildman–Crippen LogP) is 6.08. The van der Waals surface area contributed by atoms with Crippen LogP contribution in [0, 0.1) is 5.82 Å². The number of nitrogens with zero attached hydrogens (tertiary/aromatic N) is 1. The predicted molar refractivity (Wildman–Crippen MR) is 129 cm³/mol. The number of benzene rings is 3. The molecule has 2 unspecified atom stereocenters. The van der Waals surface area contributed by atoms with Crippen LogP contribution in [0.15, 0.2) is 83.8 Å². The molecule has 3 aromatic rings. The maximum atomic E-state index is 13.8. The fourth-order valence-corrected chi connectivity index (χ4v) is 6.19. The van der Waals surface area contributed by atoms with Crippen LogP contribution in [0.4, 0.5) is 41.2 Å². The van der Waals surface area contributed by atoms with Crippen LogP contribution in [0.1, 0.15) is 17.5 Å². The molecule has 1 fully saturated rings. The third-order valence-electron chi connectivity index (χ3n) is 6.58. The number of aliphatic hydroxyl groups is 1. The molecule has 1 saturated heterocycles. The Balaban J connectivity index is 1.73. The van der Waals surface area contributed by atoms with E-state index in [0.717, 1.165) is 24.3 Å². The van der Waals surface area contributed by atoms with E-state index in [1.807, 2.05) is 0 Å². The zero-order valence-electron chi connectivity index (χ0n) is 19.9. The van der Waals surface area contributed by atoms with Gasteiger partial charge in [-0.1, -0.05) is 42.5 Å².